The summed E-state index contributed by atoms with van der Waals surface area (Å²) in [7, 11) is 1.30. The number of carbonyl (C=O) groups excluding carboxylic acids is 2. The van der Waals surface area contributed by atoms with Crippen LogP contribution in [0.3, 0.4) is 0 Å². The van der Waals surface area contributed by atoms with Gasteiger partial charge in [0.25, 0.3) is 5.56 Å². The molecule has 0 N–H and O–H groups in total. The van der Waals surface area contributed by atoms with E-state index in [2.05, 4.69) is 9.56 Å². The van der Waals surface area contributed by atoms with E-state index < -0.39 is 12.0 Å². The normalized spacial score (nSPS) is 14.5. The van der Waals surface area contributed by atoms with E-state index in [0.29, 0.717) is 45.2 Å². The second-order valence-electron chi connectivity index (χ2n) is 10.0. The molecule has 4 aromatic rings. The predicted molar refractivity (Wildman–Crippen MR) is 165 cm³/mol. The Morgan fingerprint density at radius 2 is 1.70 bits per heavy atom. The van der Waals surface area contributed by atoms with Gasteiger partial charge in [-0.1, -0.05) is 17.4 Å². The number of rotatable bonds is 9. The van der Waals surface area contributed by atoms with Crippen LogP contribution >= 0.6 is 11.3 Å². The van der Waals surface area contributed by atoms with Crippen molar-refractivity contribution in [2.45, 2.75) is 40.7 Å². The van der Waals surface area contributed by atoms with E-state index in [9.17, 15) is 14.4 Å². The number of benzene rings is 2. The van der Waals surface area contributed by atoms with Gasteiger partial charge in [-0.05, 0) is 94.3 Å². The number of Topliss-reactive ketones (excluding diaryl/α,β-unsaturated/α-hetero) is 1. The fourth-order valence-corrected chi connectivity index (χ4v) is 6.27. The molecule has 0 spiro atoms. The number of hydrogen-bond donors (Lipinski definition) is 0. The van der Waals surface area contributed by atoms with Crippen molar-refractivity contribution in [1.82, 2.24) is 9.13 Å². The summed E-state index contributed by atoms with van der Waals surface area (Å²) in [6.45, 7) is 10.2. The minimum absolute atomic E-state index is 0.0107. The van der Waals surface area contributed by atoms with Crippen LogP contribution in [0, 0.1) is 13.8 Å². The summed E-state index contributed by atoms with van der Waals surface area (Å²) in [4.78, 5) is 43.6. The number of aryl methyl sites for hydroxylation is 1. The number of carbonyl (C=O) groups is 2. The molecule has 2 aromatic heterocycles. The van der Waals surface area contributed by atoms with Crippen molar-refractivity contribution >= 4 is 29.2 Å². The van der Waals surface area contributed by atoms with Crippen molar-refractivity contribution < 1.29 is 23.8 Å². The summed E-state index contributed by atoms with van der Waals surface area (Å²) < 4.78 is 20.7. The van der Waals surface area contributed by atoms with Crippen LogP contribution in [-0.4, -0.2) is 41.2 Å². The van der Waals surface area contributed by atoms with Crippen LogP contribution in [-0.2, 0) is 9.53 Å². The van der Waals surface area contributed by atoms with E-state index in [1.807, 2.05) is 70.2 Å². The van der Waals surface area contributed by atoms with Crippen molar-refractivity contribution in [3.8, 4) is 17.2 Å². The number of ketones is 1. The molecule has 0 saturated heterocycles. The Hall–Kier alpha value is -4.70. The second-order valence-corrected chi connectivity index (χ2v) is 11.0. The maximum atomic E-state index is 14.0. The Morgan fingerprint density at radius 1 is 1.00 bits per heavy atom. The highest BCUT2D eigenvalue weighted by molar-refractivity contribution is 7.07. The Bertz CT molecular complexity index is 1930. The summed E-state index contributed by atoms with van der Waals surface area (Å²) >= 11 is 1.26. The highest BCUT2D eigenvalue weighted by Gasteiger charge is 2.31. The predicted octanol–water partition coefficient (Wildman–Crippen LogP) is 4.43. The average molecular weight is 600 g/mol. The maximum Gasteiger partial charge on any atom is 0.337 e. The van der Waals surface area contributed by atoms with Gasteiger partial charge in [-0.25, -0.2) is 9.79 Å². The third-order valence-corrected chi connectivity index (χ3v) is 8.29. The minimum Gasteiger partial charge on any atom is -0.490 e. The van der Waals surface area contributed by atoms with Crippen molar-refractivity contribution in [3.05, 3.63) is 108 Å². The van der Waals surface area contributed by atoms with E-state index >= 15 is 0 Å². The summed E-state index contributed by atoms with van der Waals surface area (Å²) in [5, 5.41) is 0. The van der Waals surface area contributed by atoms with Crippen molar-refractivity contribution in [1.29, 1.82) is 0 Å². The molecule has 222 valence electrons. The van der Waals surface area contributed by atoms with Gasteiger partial charge in [0.05, 0.1) is 36.5 Å². The van der Waals surface area contributed by atoms with Crippen molar-refractivity contribution in [2.75, 3.05) is 20.3 Å². The summed E-state index contributed by atoms with van der Waals surface area (Å²) in [6, 6.07) is 14.1. The summed E-state index contributed by atoms with van der Waals surface area (Å²) in [5.41, 5.74) is 5.00. The van der Waals surface area contributed by atoms with E-state index in [4.69, 9.17) is 14.2 Å². The molecular formula is C33H33N3O6S. The van der Waals surface area contributed by atoms with Gasteiger partial charge in [-0.2, -0.15) is 0 Å². The van der Waals surface area contributed by atoms with Crippen LogP contribution in [0.25, 0.3) is 11.8 Å². The number of thiazole rings is 1. The summed E-state index contributed by atoms with van der Waals surface area (Å²) in [6.07, 6.45) is 3.33. The Balaban J connectivity index is 1.63. The molecule has 9 nitrogen and oxygen atoms in total. The van der Waals surface area contributed by atoms with Gasteiger partial charge in [0, 0.05) is 28.8 Å². The number of ether oxygens (including phenoxy) is 3. The van der Waals surface area contributed by atoms with Gasteiger partial charge >= 0.3 is 5.97 Å². The minimum atomic E-state index is -0.770. The monoisotopic (exact) mass is 599 g/mol. The summed E-state index contributed by atoms with van der Waals surface area (Å²) in [5.74, 6) is 0.537. The SMILES string of the molecule is CCOc1ccc([C@H]2C(C(=O)OC)=CN=c3s/c(=C\c4cc(C)n(-c5ccc(C(C)=O)cc5)c4C)c(=O)n32)cc1OCC. The quantitative estimate of drug-likeness (QED) is 0.209. The molecule has 0 aliphatic carbocycles. The molecule has 0 bridgehead atoms. The van der Waals surface area contributed by atoms with Crippen LogP contribution in [0.1, 0.15) is 59.7 Å². The highest BCUT2D eigenvalue weighted by Crippen LogP contribution is 2.35. The van der Waals surface area contributed by atoms with Crippen molar-refractivity contribution in [2.24, 2.45) is 4.99 Å². The Morgan fingerprint density at radius 3 is 2.35 bits per heavy atom. The Kier molecular flexibility index (Phi) is 8.50. The first-order chi connectivity index (χ1) is 20.7. The first-order valence-corrected chi connectivity index (χ1v) is 14.8. The molecule has 0 radical (unpaired) electrons. The third-order valence-electron chi connectivity index (χ3n) is 7.30. The van der Waals surface area contributed by atoms with Gasteiger partial charge in [0.1, 0.15) is 0 Å². The lowest BCUT2D eigenvalue weighted by Gasteiger charge is -2.23. The smallest absolute Gasteiger partial charge is 0.337 e. The molecule has 10 heteroatoms. The van der Waals surface area contributed by atoms with Crippen LogP contribution in [0.5, 0.6) is 11.5 Å². The number of esters is 1. The number of methoxy groups -OCH3 is 1. The van der Waals surface area contributed by atoms with Crippen LogP contribution in [0.15, 0.2) is 70.1 Å². The molecule has 0 amide bonds. The lowest BCUT2D eigenvalue weighted by Crippen LogP contribution is -2.39. The van der Waals surface area contributed by atoms with E-state index in [-0.39, 0.29) is 16.9 Å². The largest absolute Gasteiger partial charge is 0.490 e. The Labute approximate surface area is 253 Å². The van der Waals surface area contributed by atoms with Gasteiger partial charge < -0.3 is 18.8 Å². The zero-order valence-electron chi connectivity index (χ0n) is 25.0. The molecule has 43 heavy (non-hydrogen) atoms. The van der Waals surface area contributed by atoms with E-state index in [1.54, 1.807) is 19.1 Å². The molecule has 1 aliphatic heterocycles. The van der Waals surface area contributed by atoms with E-state index in [0.717, 1.165) is 22.6 Å². The highest BCUT2D eigenvalue weighted by atomic mass is 32.1. The topological polar surface area (TPSA) is 101 Å². The van der Waals surface area contributed by atoms with Gasteiger partial charge in [0.15, 0.2) is 22.1 Å². The van der Waals surface area contributed by atoms with Gasteiger partial charge in [-0.15, -0.1) is 0 Å². The number of aromatic nitrogens is 2. The number of hydrogen-bond acceptors (Lipinski definition) is 8. The zero-order chi connectivity index (χ0) is 30.8. The number of nitrogens with zero attached hydrogens (tertiary/aromatic N) is 3. The maximum absolute atomic E-state index is 14.0. The van der Waals surface area contributed by atoms with Crippen LogP contribution < -0.4 is 24.4 Å². The third kappa shape index (κ3) is 5.58. The van der Waals surface area contributed by atoms with Crippen molar-refractivity contribution in [3.63, 3.8) is 0 Å². The first-order valence-electron chi connectivity index (χ1n) is 14.0. The molecule has 1 aliphatic rings. The fourth-order valence-electron chi connectivity index (χ4n) is 5.30. The molecule has 3 heterocycles. The lowest BCUT2D eigenvalue weighted by molar-refractivity contribution is -0.136. The second kappa shape index (κ2) is 12.3. The molecule has 1 atom stereocenters. The van der Waals surface area contributed by atoms with Crippen LogP contribution in [0.2, 0.25) is 0 Å². The molecule has 2 aromatic carbocycles. The van der Waals surface area contributed by atoms with Gasteiger partial charge in [-0.3, -0.25) is 14.2 Å². The molecular weight excluding hydrogens is 566 g/mol. The lowest BCUT2D eigenvalue weighted by atomic mass is 9.97. The number of fused-ring (bicyclic) bond motifs is 1. The molecule has 0 saturated carbocycles. The molecule has 0 fully saturated rings. The first kappa shape index (κ1) is 29.8. The standard InChI is InChI=1S/C33H33N3O6S/c1-7-41-27-14-11-23(16-28(27)42-8-2)30-26(32(39)40-6)18-34-33-36(30)31(38)29(43-33)17-24-15-19(3)35(20(24)4)25-12-9-22(10-13-25)21(5)37/h9-18,30H,7-8H2,1-6H3/b29-17-/t30-/m0/s1. The van der Waals surface area contributed by atoms with E-state index in [1.165, 1.54) is 29.2 Å². The van der Waals surface area contributed by atoms with Crippen LogP contribution in [0.4, 0.5) is 0 Å². The zero-order valence-corrected chi connectivity index (χ0v) is 25.8. The molecule has 5 rings (SSSR count). The average Bonchev–Trinajstić information content (AvgIpc) is 3.47. The van der Waals surface area contributed by atoms with Gasteiger partial charge in [0.2, 0.25) is 0 Å². The fraction of sp³-hybridized carbons (Fsp3) is 0.273. The molecule has 0 unspecified atom stereocenters.